The fourth-order valence-electron chi connectivity index (χ4n) is 3.62. The molecule has 0 radical (unpaired) electrons. The van der Waals surface area contributed by atoms with Crippen molar-refractivity contribution >= 4 is 28.4 Å². The highest BCUT2D eigenvalue weighted by molar-refractivity contribution is 5.75. The fraction of sp³-hybridized carbons (Fsp3) is 0.333. The number of ether oxygens (including phenoxy) is 1. The van der Waals surface area contributed by atoms with Crippen LogP contribution in [0.4, 0.5) is 17.3 Å². The summed E-state index contributed by atoms with van der Waals surface area (Å²) in [5.41, 5.74) is 4.06. The molecular formula is C21H24N8O. The number of benzene rings is 1. The van der Waals surface area contributed by atoms with Gasteiger partial charge in [0, 0.05) is 37.7 Å². The lowest BCUT2D eigenvalue weighted by Crippen LogP contribution is -2.36. The number of nitrogens with one attached hydrogen (secondary N) is 1. The smallest absolute Gasteiger partial charge is 0.229 e. The van der Waals surface area contributed by atoms with Crippen LogP contribution in [-0.4, -0.2) is 55.8 Å². The zero-order valence-corrected chi connectivity index (χ0v) is 16.9. The van der Waals surface area contributed by atoms with Gasteiger partial charge in [-0.1, -0.05) is 12.1 Å². The summed E-state index contributed by atoms with van der Waals surface area (Å²) >= 11 is 0. The van der Waals surface area contributed by atoms with Crippen molar-refractivity contribution in [3.05, 3.63) is 54.6 Å². The van der Waals surface area contributed by atoms with E-state index in [4.69, 9.17) is 4.74 Å². The SMILES string of the molecule is CCn1cc(Nc2ncc3cnn(Cc4cccc(N5CCOCC5)c4)c3n2)cn1. The molecule has 1 aliphatic rings. The zero-order chi connectivity index (χ0) is 20.3. The average molecular weight is 404 g/mol. The van der Waals surface area contributed by atoms with Crippen LogP contribution in [0, 0.1) is 0 Å². The van der Waals surface area contributed by atoms with E-state index in [0.29, 0.717) is 12.5 Å². The minimum Gasteiger partial charge on any atom is -0.378 e. The van der Waals surface area contributed by atoms with Gasteiger partial charge in [0.1, 0.15) is 0 Å². The van der Waals surface area contributed by atoms with Gasteiger partial charge in [-0.3, -0.25) is 4.68 Å². The summed E-state index contributed by atoms with van der Waals surface area (Å²) in [4.78, 5) is 11.4. The molecule has 1 fully saturated rings. The first-order valence-electron chi connectivity index (χ1n) is 10.2. The number of morpholine rings is 1. The molecule has 0 bridgehead atoms. The maximum absolute atomic E-state index is 5.47. The summed E-state index contributed by atoms with van der Waals surface area (Å²) in [6, 6.07) is 8.59. The number of aromatic nitrogens is 6. The standard InChI is InChI=1S/C21H24N8O/c1-2-28-15-18(13-23-28)25-21-22-11-17-12-24-29(20(17)26-21)14-16-4-3-5-19(10-16)27-6-8-30-9-7-27/h3-5,10-13,15H,2,6-9,14H2,1H3,(H,22,25,26). The molecule has 4 aromatic rings. The molecule has 9 heteroatoms. The van der Waals surface area contributed by atoms with E-state index in [1.807, 2.05) is 22.5 Å². The van der Waals surface area contributed by atoms with Crippen molar-refractivity contribution in [1.82, 2.24) is 29.5 Å². The van der Waals surface area contributed by atoms with Gasteiger partial charge in [0.05, 0.1) is 43.2 Å². The van der Waals surface area contributed by atoms with Gasteiger partial charge in [0.2, 0.25) is 5.95 Å². The van der Waals surface area contributed by atoms with Crippen LogP contribution in [0.15, 0.2) is 49.1 Å². The molecule has 3 aromatic heterocycles. The molecule has 4 heterocycles. The Balaban J connectivity index is 1.38. The van der Waals surface area contributed by atoms with E-state index in [9.17, 15) is 0 Å². The van der Waals surface area contributed by atoms with Gasteiger partial charge >= 0.3 is 0 Å². The number of fused-ring (bicyclic) bond motifs is 1. The normalized spacial score (nSPS) is 14.4. The van der Waals surface area contributed by atoms with Crippen LogP contribution < -0.4 is 10.2 Å². The summed E-state index contributed by atoms with van der Waals surface area (Å²) < 4.78 is 9.23. The van der Waals surface area contributed by atoms with E-state index in [-0.39, 0.29) is 0 Å². The first kappa shape index (κ1) is 18.6. The third-order valence-corrected chi connectivity index (χ3v) is 5.21. The molecule has 0 saturated carbocycles. The van der Waals surface area contributed by atoms with E-state index < -0.39 is 0 Å². The molecule has 0 atom stereocenters. The third-order valence-electron chi connectivity index (χ3n) is 5.21. The summed E-state index contributed by atoms with van der Waals surface area (Å²) in [5, 5.41) is 12.9. The van der Waals surface area contributed by atoms with E-state index in [0.717, 1.165) is 49.6 Å². The Hall–Kier alpha value is -3.46. The van der Waals surface area contributed by atoms with Gasteiger partial charge in [0.25, 0.3) is 0 Å². The van der Waals surface area contributed by atoms with Crippen molar-refractivity contribution in [3.63, 3.8) is 0 Å². The Bertz CT molecular complexity index is 1140. The van der Waals surface area contributed by atoms with Crippen LogP contribution in [0.3, 0.4) is 0 Å². The lowest BCUT2D eigenvalue weighted by atomic mass is 10.2. The van der Waals surface area contributed by atoms with Gasteiger partial charge in [0.15, 0.2) is 5.65 Å². The number of hydrogen-bond acceptors (Lipinski definition) is 7. The van der Waals surface area contributed by atoms with Gasteiger partial charge in [-0.05, 0) is 24.6 Å². The van der Waals surface area contributed by atoms with Crippen molar-refractivity contribution in [1.29, 1.82) is 0 Å². The molecule has 1 aliphatic heterocycles. The highest BCUT2D eigenvalue weighted by Crippen LogP contribution is 2.20. The Labute approximate surface area is 174 Å². The van der Waals surface area contributed by atoms with Gasteiger partial charge < -0.3 is 15.0 Å². The van der Waals surface area contributed by atoms with Crippen molar-refractivity contribution in [3.8, 4) is 0 Å². The highest BCUT2D eigenvalue weighted by Gasteiger charge is 2.13. The predicted molar refractivity (Wildman–Crippen MR) is 115 cm³/mol. The van der Waals surface area contributed by atoms with E-state index in [1.165, 1.54) is 11.3 Å². The van der Waals surface area contributed by atoms with Crippen molar-refractivity contribution in [2.24, 2.45) is 0 Å². The second-order valence-electron chi connectivity index (χ2n) is 7.25. The predicted octanol–water partition coefficient (Wildman–Crippen LogP) is 2.67. The number of hydrogen-bond donors (Lipinski definition) is 1. The summed E-state index contributed by atoms with van der Waals surface area (Å²) in [7, 11) is 0. The summed E-state index contributed by atoms with van der Waals surface area (Å²) in [6.45, 7) is 6.90. The van der Waals surface area contributed by atoms with Crippen LogP contribution in [0.1, 0.15) is 12.5 Å². The van der Waals surface area contributed by atoms with Crippen molar-refractivity contribution < 1.29 is 4.74 Å². The molecule has 9 nitrogen and oxygen atoms in total. The van der Waals surface area contributed by atoms with Crippen LogP contribution in [0.25, 0.3) is 11.0 Å². The monoisotopic (exact) mass is 404 g/mol. The molecule has 0 aliphatic carbocycles. The van der Waals surface area contributed by atoms with Crippen LogP contribution in [0.5, 0.6) is 0 Å². The van der Waals surface area contributed by atoms with Crippen LogP contribution in [-0.2, 0) is 17.8 Å². The molecule has 0 spiro atoms. The Morgan fingerprint density at radius 2 is 2.00 bits per heavy atom. The Kier molecular flexibility index (Phi) is 5.02. The molecular weight excluding hydrogens is 380 g/mol. The lowest BCUT2D eigenvalue weighted by Gasteiger charge is -2.29. The van der Waals surface area contributed by atoms with Crippen molar-refractivity contribution in [2.45, 2.75) is 20.0 Å². The van der Waals surface area contributed by atoms with Crippen molar-refractivity contribution in [2.75, 3.05) is 36.5 Å². The zero-order valence-electron chi connectivity index (χ0n) is 16.9. The number of nitrogens with zero attached hydrogens (tertiary/aromatic N) is 7. The first-order chi connectivity index (χ1) is 14.8. The summed E-state index contributed by atoms with van der Waals surface area (Å²) in [5.74, 6) is 0.530. The summed E-state index contributed by atoms with van der Waals surface area (Å²) in [6.07, 6.45) is 7.30. The third kappa shape index (κ3) is 3.84. The minimum absolute atomic E-state index is 0.530. The Morgan fingerprint density at radius 1 is 1.10 bits per heavy atom. The maximum atomic E-state index is 5.47. The first-order valence-corrected chi connectivity index (χ1v) is 10.2. The second-order valence-corrected chi connectivity index (χ2v) is 7.25. The van der Waals surface area contributed by atoms with Crippen LogP contribution >= 0.6 is 0 Å². The van der Waals surface area contributed by atoms with Crippen LogP contribution in [0.2, 0.25) is 0 Å². The molecule has 5 rings (SSSR count). The number of aryl methyl sites for hydroxylation is 1. The van der Waals surface area contributed by atoms with Gasteiger partial charge in [-0.25, -0.2) is 9.67 Å². The fourth-order valence-corrected chi connectivity index (χ4v) is 3.62. The largest absolute Gasteiger partial charge is 0.378 e. The molecule has 0 unspecified atom stereocenters. The molecule has 154 valence electrons. The van der Waals surface area contributed by atoms with E-state index >= 15 is 0 Å². The van der Waals surface area contributed by atoms with E-state index in [1.54, 1.807) is 18.6 Å². The number of rotatable bonds is 6. The Morgan fingerprint density at radius 3 is 2.83 bits per heavy atom. The van der Waals surface area contributed by atoms with E-state index in [2.05, 4.69) is 54.6 Å². The van der Waals surface area contributed by atoms with Gasteiger partial charge in [-0.15, -0.1) is 0 Å². The molecule has 1 aromatic carbocycles. The van der Waals surface area contributed by atoms with Gasteiger partial charge in [-0.2, -0.15) is 15.2 Å². The molecule has 1 saturated heterocycles. The average Bonchev–Trinajstić information content (AvgIpc) is 3.41. The molecule has 1 N–H and O–H groups in total. The second kappa shape index (κ2) is 8.11. The molecule has 0 amide bonds. The quantitative estimate of drug-likeness (QED) is 0.529. The lowest BCUT2D eigenvalue weighted by molar-refractivity contribution is 0.122. The topological polar surface area (TPSA) is 85.9 Å². The maximum Gasteiger partial charge on any atom is 0.229 e. The minimum atomic E-state index is 0.530. The molecule has 30 heavy (non-hydrogen) atoms. The number of anilines is 3. The highest BCUT2D eigenvalue weighted by atomic mass is 16.5.